The van der Waals surface area contributed by atoms with E-state index in [2.05, 4.69) is 20.9 Å². The van der Waals surface area contributed by atoms with Crippen LogP contribution in [0.5, 0.6) is 0 Å². The van der Waals surface area contributed by atoms with Gasteiger partial charge in [0.1, 0.15) is 5.82 Å². The first-order valence-corrected chi connectivity index (χ1v) is 6.95. The van der Waals surface area contributed by atoms with Crippen LogP contribution in [0.3, 0.4) is 0 Å². The van der Waals surface area contributed by atoms with Gasteiger partial charge in [-0.2, -0.15) is 0 Å². The lowest BCUT2D eigenvalue weighted by Crippen LogP contribution is -2.16. The highest BCUT2D eigenvalue weighted by Crippen LogP contribution is 2.30. The highest BCUT2D eigenvalue weighted by Gasteiger charge is 2.25. The first-order chi connectivity index (χ1) is 9.18. The van der Waals surface area contributed by atoms with Crippen LogP contribution >= 0.6 is 15.9 Å². The fourth-order valence-electron chi connectivity index (χ4n) is 2.51. The maximum absolute atomic E-state index is 11.3. The van der Waals surface area contributed by atoms with E-state index in [1.165, 1.54) is 0 Å². The number of imidazole rings is 1. The van der Waals surface area contributed by atoms with Crippen molar-refractivity contribution in [3.05, 3.63) is 34.3 Å². The van der Waals surface area contributed by atoms with E-state index in [1.54, 1.807) is 0 Å². The number of hydrogen-bond donors (Lipinski definition) is 1. The number of rotatable bonds is 2. The number of hydrogen-bond acceptors (Lipinski definition) is 3. The van der Waals surface area contributed by atoms with Gasteiger partial charge in [-0.25, -0.2) is 9.78 Å². The molecule has 2 aromatic rings. The summed E-state index contributed by atoms with van der Waals surface area (Å²) in [4.78, 5) is 15.7. The zero-order chi connectivity index (χ0) is 13.4. The van der Waals surface area contributed by atoms with Crippen LogP contribution in [0, 0.1) is 0 Å². The van der Waals surface area contributed by atoms with Crippen LogP contribution in [0.1, 0.15) is 35.1 Å². The first-order valence-electron chi connectivity index (χ1n) is 6.16. The maximum atomic E-state index is 11.3. The number of carbonyl (C=O) groups is 1. The Hall–Kier alpha value is -1.40. The summed E-state index contributed by atoms with van der Waals surface area (Å²) in [7, 11) is 0. The Kier molecular flexibility index (Phi) is 3.28. The van der Waals surface area contributed by atoms with E-state index in [9.17, 15) is 9.90 Å². The van der Waals surface area contributed by atoms with Crippen molar-refractivity contribution in [2.75, 3.05) is 13.2 Å². The number of ether oxygens (including phenoxy) is 1. The molecule has 1 saturated heterocycles. The summed E-state index contributed by atoms with van der Waals surface area (Å²) in [6, 6.07) is 3.71. The molecule has 5 nitrogen and oxygen atoms in total. The van der Waals surface area contributed by atoms with Gasteiger partial charge in [-0.1, -0.05) is 0 Å². The van der Waals surface area contributed by atoms with Crippen molar-refractivity contribution < 1.29 is 14.6 Å². The molecule has 0 aliphatic carbocycles. The summed E-state index contributed by atoms with van der Waals surface area (Å²) in [6.45, 7) is 1.41. The van der Waals surface area contributed by atoms with Gasteiger partial charge in [-0.05, 0) is 40.9 Å². The second kappa shape index (κ2) is 4.94. The maximum Gasteiger partial charge on any atom is 0.356 e. The Morgan fingerprint density at radius 1 is 1.47 bits per heavy atom. The third-order valence-corrected chi connectivity index (χ3v) is 4.07. The van der Waals surface area contributed by atoms with Crippen LogP contribution in [0.2, 0.25) is 0 Å². The van der Waals surface area contributed by atoms with Crippen LogP contribution in [-0.4, -0.2) is 33.7 Å². The highest BCUT2D eigenvalue weighted by molar-refractivity contribution is 9.10. The molecule has 0 radical (unpaired) electrons. The Bertz CT molecular complexity index is 632. The lowest BCUT2D eigenvalue weighted by molar-refractivity contribution is 0.0692. The van der Waals surface area contributed by atoms with Gasteiger partial charge < -0.3 is 14.2 Å². The molecule has 1 N–H and O–H groups in total. The molecule has 1 aliphatic rings. The number of aromatic nitrogens is 2. The highest BCUT2D eigenvalue weighted by atomic mass is 79.9. The molecule has 3 heterocycles. The van der Waals surface area contributed by atoms with Crippen molar-refractivity contribution in [1.29, 1.82) is 0 Å². The summed E-state index contributed by atoms with van der Waals surface area (Å²) in [5.41, 5.74) is 0.727. The third-order valence-electron chi connectivity index (χ3n) is 3.43. The molecule has 1 fully saturated rings. The molecule has 0 bridgehead atoms. The third kappa shape index (κ3) is 2.15. The molecule has 0 spiro atoms. The average molecular weight is 325 g/mol. The van der Waals surface area contributed by atoms with E-state index in [1.807, 2.05) is 22.7 Å². The van der Waals surface area contributed by atoms with E-state index in [4.69, 9.17) is 4.74 Å². The summed E-state index contributed by atoms with van der Waals surface area (Å²) in [5.74, 6) is 0.0726. The van der Waals surface area contributed by atoms with Crippen molar-refractivity contribution in [2.24, 2.45) is 0 Å². The Morgan fingerprint density at radius 3 is 2.89 bits per heavy atom. The lowest BCUT2D eigenvalue weighted by atomic mass is 10.00. The number of carboxylic acid groups (broad SMARTS) is 1. The van der Waals surface area contributed by atoms with E-state index in [-0.39, 0.29) is 11.6 Å². The summed E-state index contributed by atoms with van der Waals surface area (Å²) >= 11 is 3.40. The van der Waals surface area contributed by atoms with Crippen LogP contribution in [0.4, 0.5) is 0 Å². The SMILES string of the molecule is O=C(O)c1nc(C2CCOCC2)n2cccc(Br)c12. The molecule has 0 atom stereocenters. The van der Waals surface area contributed by atoms with Crippen LogP contribution in [0.25, 0.3) is 5.52 Å². The second-order valence-corrected chi connectivity index (χ2v) is 5.44. The molecule has 0 saturated carbocycles. The molecular formula is C13H13BrN2O3. The molecule has 0 unspecified atom stereocenters. The Morgan fingerprint density at radius 2 is 2.21 bits per heavy atom. The molecule has 100 valence electrons. The fourth-order valence-corrected chi connectivity index (χ4v) is 3.05. The van der Waals surface area contributed by atoms with Crippen molar-refractivity contribution in [2.45, 2.75) is 18.8 Å². The Balaban J connectivity index is 2.19. The van der Waals surface area contributed by atoms with Gasteiger partial charge >= 0.3 is 5.97 Å². The van der Waals surface area contributed by atoms with E-state index >= 15 is 0 Å². The average Bonchev–Trinajstić information content (AvgIpc) is 2.81. The zero-order valence-corrected chi connectivity index (χ0v) is 11.8. The number of halogens is 1. The summed E-state index contributed by atoms with van der Waals surface area (Å²) in [5, 5.41) is 9.30. The van der Waals surface area contributed by atoms with Gasteiger partial charge in [0.15, 0.2) is 5.69 Å². The number of carboxylic acids is 1. The smallest absolute Gasteiger partial charge is 0.356 e. The predicted molar refractivity (Wildman–Crippen MR) is 72.6 cm³/mol. The monoisotopic (exact) mass is 324 g/mol. The molecule has 0 amide bonds. The first kappa shape index (κ1) is 12.6. The number of aromatic carboxylic acids is 1. The second-order valence-electron chi connectivity index (χ2n) is 4.59. The van der Waals surface area contributed by atoms with E-state index in [0.717, 1.165) is 23.1 Å². The van der Waals surface area contributed by atoms with Crippen molar-refractivity contribution >= 4 is 27.4 Å². The summed E-state index contributed by atoms with van der Waals surface area (Å²) < 4.78 is 7.98. The summed E-state index contributed by atoms with van der Waals surface area (Å²) in [6.07, 6.45) is 3.62. The predicted octanol–water partition coefficient (Wildman–Crippen LogP) is 2.69. The minimum atomic E-state index is -0.997. The standard InChI is InChI=1S/C13H13BrN2O3/c14-9-2-1-5-16-11(9)10(13(17)18)15-12(16)8-3-6-19-7-4-8/h1-2,5,8H,3-4,6-7H2,(H,17,18). The van der Waals surface area contributed by atoms with E-state index < -0.39 is 5.97 Å². The van der Waals surface area contributed by atoms with E-state index in [0.29, 0.717) is 18.7 Å². The quantitative estimate of drug-likeness (QED) is 0.922. The normalized spacial score (nSPS) is 16.9. The fraction of sp³-hybridized carbons (Fsp3) is 0.385. The number of nitrogens with zero attached hydrogens (tertiary/aromatic N) is 2. The van der Waals surface area contributed by atoms with Crippen molar-refractivity contribution in [3.8, 4) is 0 Å². The zero-order valence-electron chi connectivity index (χ0n) is 10.2. The topological polar surface area (TPSA) is 63.8 Å². The van der Waals surface area contributed by atoms with Gasteiger partial charge in [0, 0.05) is 29.8 Å². The van der Waals surface area contributed by atoms with Gasteiger partial charge in [0.2, 0.25) is 0 Å². The molecule has 0 aromatic carbocycles. The van der Waals surface area contributed by atoms with Gasteiger partial charge in [0.05, 0.1) is 5.52 Å². The van der Waals surface area contributed by atoms with Gasteiger partial charge in [0.25, 0.3) is 0 Å². The van der Waals surface area contributed by atoms with Crippen LogP contribution in [0.15, 0.2) is 22.8 Å². The molecule has 2 aromatic heterocycles. The number of pyridine rings is 1. The lowest BCUT2D eigenvalue weighted by Gasteiger charge is -2.20. The van der Waals surface area contributed by atoms with Crippen molar-refractivity contribution in [3.63, 3.8) is 0 Å². The van der Waals surface area contributed by atoms with Crippen LogP contribution in [-0.2, 0) is 4.74 Å². The molecule has 6 heteroatoms. The minimum Gasteiger partial charge on any atom is -0.476 e. The molecule has 1 aliphatic heterocycles. The van der Waals surface area contributed by atoms with Crippen molar-refractivity contribution in [1.82, 2.24) is 9.38 Å². The molecule has 19 heavy (non-hydrogen) atoms. The van der Waals surface area contributed by atoms with Gasteiger partial charge in [-0.15, -0.1) is 0 Å². The Labute approximate surface area is 118 Å². The van der Waals surface area contributed by atoms with Gasteiger partial charge in [-0.3, -0.25) is 0 Å². The van der Waals surface area contributed by atoms with Crippen LogP contribution < -0.4 is 0 Å². The minimum absolute atomic E-state index is 0.106. The largest absolute Gasteiger partial charge is 0.476 e. The molecule has 3 rings (SSSR count). The number of fused-ring (bicyclic) bond motifs is 1. The molecular weight excluding hydrogens is 312 g/mol.